The first-order valence-corrected chi connectivity index (χ1v) is 7.20. The first-order chi connectivity index (χ1) is 10.6. The summed E-state index contributed by atoms with van der Waals surface area (Å²) in [4.78, 5) is 12.3. The van der Waals surface area contributed by atoms with E-state index in [1.807, 2.05) is 30.3 Å². The molecule has 0 radical (unpaired) electrons. The third-order valence-corrected chi connectivity index (χ3v) is 3.58. The number of aryl methyl sites for hydroxylation is 1. The van der Waals surface area contributed by atoms with E-state index in [1.54, 1.807) is 24.3 Å². The number of hydrogen-bond donors (Lipinski definition) is 2. The molecule has 0 amide bonds. The standard InChI is InChI=1S/C18H20O4/c1-22-16-10-6-5-9-14(16)17(20)18(21)15(19)12-11-13-7-3-2-4-8-13/h2-10,15,18-19,21H,11-12H2,1H3/t15-,18-/m1/s1. The maximum Gasteiger partial charge on any atom is 0.197 e. The number of rotatable bonds is 7. The minimum absolute atomic E-state index is 0.274. The molecule has 116 valence electrons. The number of para-hydroxylation sites is 1. The number of hydrogen-bond acceptors (Lipinski definition) is 4. The van der Waals surface area contributed by atoms with E-state index in [2.05, 4.69) is 0 Å². The van der Waals surface area contributed by atoms with Crippen LogP contribution in [-0.4, -0.2) is 35.3 Å². The largest absolute Gasteiger partial charge is 0.496 e. The van der Waals surface area contributed by atoms with Crippen LogP contribution < -0.4 is 4.74 Å². The summed E-state index contributed by atoms with van der Waals surface area (Å²) < 4.78 is 5.11. The Balaban J connectivity index is 2.00. The lowest BCUT2D eigenvalue weighted by molar-refractivity contribution is 0.0178. The molecule has 2 aromatic carbocycles. The lowest BCUT2D eigenvalue weighted by atomic mass is 9.97. The van der Waals surface area contributed by atoms with Crippen molar-refractivity contribution < 1.29 is 19.7 Å². The van der Waals surface area contributed by atoms with Crippen molar-refractivity contribution in [2.75, 3.05) is 7.11 Å². The smallest absolute Gasteiger partial charge is 0.197 e. The van der Waals surface area contributed by atoms with E-state index in [4.69, 9.17) is 4.74 Å². The lowest BCUT2D eigenvalue weighted by Crippen LogP contribution is -2.34. The normalized spacial score (nSPS) is 13.4. The molecule has 0 fully saturated rings. The van der Waals surface area contributed by atoms with Crippen molar-refractivity contribution in [3.63, 3.8) is 0 Å². The Morgan fingerprint density at radius 2 is 1.68 bits per heavy atom. The molecule has 0 saturated carbocycles. The van der Waals surface area contributed by atoms with Crippen LogP contribution in [0, 0.1) is 0 Å². The van der Waals surface area contributed by atoms with Gasteiger partial charge in [-0.25, -0.2) is 0 Å². The highest BCUT2D eigenvalue weighted by Crippen LogP contribution is 2.20. The maximum absolute atomic E-state index is 12.3. The fourth-order valence-electron chi connectivity index (χ4n) is 2.30. The molecule has 2 rings (SSSR count). The molecule has 4 nitrogen and oxygen atoms in total. The van der Waals surface area contributed by atoms with E-state index in [0.29, 0.717) is 18.6 Å². The molecule has 4 heteroatoms. The molecule has 0 aliphatic heterocycles. The van der Waals surface area contributed by atoms with Crippen molar-refractivity contribution in [3.05, 3.63) is 65.7 Å². The third kappa shape index (κ3) is 3.93. The van der Waals surface area contributed by atoms with Gasteiger partial charge < -0.3 is 14.9 Å². The monoisotopic (exact) mass is 300 g/mol. The highest BCUT2D eigenvalue weighted by atomic mass is 16.5. The highest BCUT2D eigenvalue weighted by molar-refractivity contribution is 6.02. The van der Waals surface area contributed by atoms with Gasteiger partial charge in [0.15, 0.2) is 5.78 Å². The number of aliphatic hydroxyl groups excluding tert-OH is 2. The fourth-order valence-corrected chi connectivity index (χ4v) is 2.30. The van der Waals surface area contributed by atoms with Gasteiger partial charge in [0.25, 0.3) is 0 Å². The lowest BCUT2D eigenvalue weighted by Gasteiger charge is -2.18. The molecule has 2 aromatic rings. The number of ketones is 1. The van der Waals surface area contributed by atoms with Crippen LogP contribution >= 0.6 is 0 Å². The molecular formula is C18H20O4. The summed E-state index contributed by atoms with van der Waals surface area (Å²) in [6.45, 7) is 0. The molecule has 0 spiro atoms. The quantitative estimate of drug-likeness (QED) is 0.770. The molecule has 0 aliphatic carbocycles. The molecule has 0 saturated heterocycles. The Morgan fingerprint density at radius 1 is 1.05 bits per heavy atom. The van der Waals surface area contributed by atoms with Gasteiger partial charge in [-0.2, -0.15) is 0 Å². The van der Waals surface area contributed by atoms with Gasteiger partial charge in [0.2, 0.25) is 0 Å². The number of carbonyl (C=O) groups is 1. The zero-order valence-corrected chi connectivity index (χ0v) is 12.5. The summed E-state index contributed by atoms with van der Waals surface area (Å²) in [6, 6.07) is 16.3. The molecule has 2 N–H and O–H groups in total. The van der Waals surface area contributed by atoms with E-state index in [1.165, 1.54) is 7.11 Å². The van der Waals surface area contributed by atoms with Crippen LogP contribution in [0.1, 0.15) is 22.3 Å². The summed E-state index contributed by atoms with van der Waals surface area (Å²) >= 11 is 0. The molecular weight excluding hydrogens is 280 g/mol. The highest BCUT2D eigenvalue weighted by Gasteiger charge is 2.27. The minimum atomic E-state index is -1.46. The average molecular weight is 300 g/mol. The van der Waals surface area contributed by atoms with E-state index in [0.717, 1.165) is 5.56 Å². The summed E-state index contributed by atoms with van der Waals surface area (Å²) in [6.07, 6.45) is -1.66. The summed E-state index contributed by atoms with van der Waals surface area (Å²) in [5.74, 6) is -0.139. The van der Waals surface area contributed by atoms with Crippen LogP contribution in [0.4, 0.5) is 0 Å². The maximum atomic E-state index is 12.3. The molecule has 0 bridgehead atoms. The van der Waals surface area contributed by atoms with Crippen LogP contribution in [0.25, 0.3) is 0 Å². The number of aliphatic hydroxyl groups is 2. The average Bonchev–Trinajstić information content (AvgIpc) is 2.59. The second-order valence-corrected chi connectivity index (χ2v) is 5.10. The number of Topliss-reactive ketones (excluding diaryl/α,β-unsaturated/α-hetero) is 1. The zero-order chi connectivity index (χ0) is 15.9. The van der Waals surface area contributed by atoms with Gasteiger partial charge in [-0.3, -0.25) is 4.79 Å². The number of ether oxygens (including phenoxy) is 1. The summed E-state index contributed by atoms with van der Waals surface area (Å²) in [5.41, 5.74) is 1.33. The third-order valence-electron chi connectivity index (χ3n) is 3.58. The molecule has 0 aliphatic rings. The minimum Gasteiger partial charge on any atom is -0.496 e. The summed E-state index contributed by atoms with van der Waals surface area (Å²) in [5, 5.41) is 20.1. The Labute approximate surface area is 130 Å². The van der Waals surface area contributed by atoms with Gasteiger partial charge >= 0.3 is 0 Å². The van der Waals surface area contributed by atoms with E-state index < -0.39 is 18.0 Å². The van der Waals surface area contributed by atoms with Gasteiger partial charge in [-0.15, -0.1) is 0 Å². The number of benzene rings is 2. The van der Waals surface area contributed by atoms with Crippen LogP contribution in [0.2, 0.25) is 0 Å². The number of carbonyl (C=O) groups excluding carboxylic acids is 1. The Kier molecular flexibility index (Phi) is 5.69. The van der Waals surface area contributed by atoms with E-state index in [-0.39, 0.29) is 5.56 Å². The molecule has 2 atom stereocenters. The number of methoxy groups -OCH3 is 1. The van der Waals surface area contributed by atoms with Crippen LogP contribution in [-0.2, 0) is 6.42 Å². The molecule has 0 heterocycles. The van der Waals surface area contributed by atoms with Crippen molar-refractivity contribution in [2.24, 2.45) is 0 Å². The molecule has 22 heavy (non-hydrogen) atoms. The van der Waals surface area contributed by atoms with Crippen LogP contribution in [0.15, 0.2) is 54.6 Å². The predicted octanol–water partition coefficient (Wildman–Crippen LogP) is 2.23. The van der Waals surface area contributed by atoms with E-state index in [9.17, 15) is 15.0 Å². The van der Waals surface area contributed by atoms with Crippen molar-refractivity contribution in [2.45, 2.75) is 25.0 Å². The summed E-state index contributed by atoms with van der Waals surface area (Å²) in [7, 11) is 1.46. The first kappa shape index (κ1) is 16.2. The van der Waals surface area contributed by atoms with Crippen LogP contribution in [0.3, 0.4) is 0 Å². The zero-order valence-electron chi connectivity index (χ0n) is 12.5. The van der Waals surface area contributed by atoms with Gasteiger partial charge in [-0.1, -0.05) is 42.5 Å². The predicted molar refractivity (Wildman–Crippen MR) is 84.1 cm³/mol. The Bertz CT molecular complexity index is 609. The van der Waals surface area contributed by atoms with Gasteiger partial charge in [0.1, 0.15) is 11.9 Å². The van der Waals surface area contributed by atoms with Crippen molar-refractivity contribution >= 4 is 5.78 Å². The van der Waals surface area contributed by atoms with Crippen LogP contribution in [0.5, 0.6) is 5.75 Å². The second-order valence-electron chi connectivity index (χ2n) is 5.10. The first-order valence-electron chi connectivity index (χ1n) is 7.20. The second kappa shape index (κ2) is 7.73. The Hall–Kier alpha value is -2.17. The van der Waals surface area contributed by atoms with Crippen molar-refractivity contribution in [1.82, 2.24) is 0 Å². The van der Waals surface area contributed by atoms with Gasteiger partial charge in [0.05, 0.1) is 18.8 Å². The van der Waals surface area contributed by atoms with Gasteiger partial charge in [0, 0.05) is 0 Å². The van der Waals surface area contributed by atoms with Crippen molar-refractivity contribution in [1.29, 1.82) is 0 Å². The molecule has 0 unspecified atom stereocenters. The Morgan fingerprint density at radius 3 is 2.36 bits per heavy atom. The fraction of sp³-hybridized carbons (Fsp3) is 0.278. The van der Waals surface area contributed by atoms with Crippen molar-refractivity contribution in [3.8, 4) is 5.75 Å². The van der Waals surface area contributed by atoms with Gasteiger partial charge in [-0.05, 0) is 30.5 Å². The topological polar surface area (TPSA) is 66.8 Å². The molecule has 0 aromatic heterocycles. The SMILES string of the molecule is COc1ccccc1C(=O)[C@H](O)[C@H](O)CCc1ccccc1. The van der Waals surface area contributed by atoms with E-state index >= 15 is 0 Å².